The number of carbonyl (C=O) groups is 1. The van der Waals surface area contributed by atoms with Gasteiger partial charge in [0.2, 0.25) is 0 Å². The van der Waals surface area contributed by atoms with Gasteiger partial charge in [-0.1, -0.05) is 6.07 Å². The van der Waals surface area contributed by atoms with Gasteiger partial charge in [-0.15, -0.1) is 0 Å². The third-order valence-corrected chi connectivity index (χ3v) is 2.40. The number of aromatic hydroxyl groups is 1. The molecule has 0 atom stereocenters. The first-order chi connectivity index (χ1) is 7.13. The summed E-state index contributed by atoms with van der Waals surface area (Å²) < 4.78 is 4.59. The lowest BCUT2D eigenvalue weighted by Crippen LogP contribution is -2.00. The average molecular weight is 205 g/mol. The molecule has 1 heterocycles. The van der Waals surface area contributed by atoms with Crippen molar-refractivity contribution in [2.45, 2.75) is 6.92 Å². The molecular formula is C11H11NO3. The van der Waals surface area contributed by atoms with E-state index in [0.29, 0.717) is 11.2 Å². The number of fused-ring (bicyclic) bond motifs is 1. The maximum atomic E-state index is 11.3. The summed E-state index contributed by atoms with van der Waals surface area (Å²) in [6.45, 7) is 1.91. The van der Waals surface area contributed by atoms with Gasteiger partial charge in [0, 0.05) is 5.39 Å². The molecule has 0 aliphatic heterocycles. The standard InChI is InChI=1S/C11H11NO3/c1-6-3-4-9(13)10-7(6)5-8(12-10)11(14)15-2/h3-5,12-13H,1-2H3. The molecule has 1 aromatic carbocycles. The molecular weight excluding hydrogens is 194 g/mol. The minimum Gasteiger partial charge on any atom is -0.506 e. The summed E-state index contributed by atoms with van der Waals surface area (Å²) in [7, 11) is 1.32. The van der Waals surface area contributed by atoms with E-state index in [1.807, 2.05) is 6.92 Å². The van der Waals surface area contributed by atoms with E-state index in [2.05, 4.69) is 9.72 Å². The normalized spacial score (nSPS) is 10.5. The second-order valence-electron chi connectivity index (χ2n) is 3.36. The Labute approximate surface area is 86.5 Å². The zero-order valence-corrected chi connectivity index (χ0v) is 8.50. The van der Waals surface area contributed by atoms with Crippen LogP contribution < -0.4 is 0 Å². The Hall–Kier alpha value is -1.97. The predicted molar refractivity (Wildman–Crippen MR) is 56.0 cm³/mol. The number of esters is 1. The Morgan fingerprint density at radius 3 is 2.80 bits per heavy atom. The number of aromatic nitrogens is 1. The summed E-state index contributed by atoms with van der Waals surface area (Å²) in [4.78, 5) is 14.1. The number of aryl methyl sites for hydroxylation is 1. The Morgan fingerprint density at radius 2 is 2.20 bits per heavy atom. The van der Waals surface area contributed by atoms with Crippen molar-refractivity contribution in [3.05, 3.63) is 29.5 Å². The van der Waals surface area contributed by atoms with Crippen LogP contribution in [-0.4, -0.2) is 23.2 Å². The van der Waals surface area contributed by atoms with Gasteiger partial charge < -0.3 is 14.8 Å². The number of rotatable bonds is 1. The Balaban J connectivity index is 2.70. The van der Waals surface area contributed by atoms with Crippen LogP contribution in [0.3, 0.4) is 0 Å². The van der Waals surface area contributed by atoms with Crippen LogP contribution in [0.1, 0.15) is 16.1 Å². The molecule has 0 unspecified atom stereocenters. The molecule has 0 amide bonds. The molecule has 0 saturated heterocycles. The number of methoxy groups -OCH3 is 1. The Bertz CT molecular complexity index is 489. The summed E-state index contributed by atoms with van der Waals surface area (Å²) in [5, 5.41) is 10.4. The number of carbonyl (C=O) groups excluding carboxylic acids is 1. The highest BCUT2D eigenvalue weighted by atomic mass is 16.5. The van der Waals surface area contributed by atoms with Crippen LogP contribution in [-0.2, 0) is 4.74 Å². The third kappa shape index (κ3) is 1.44. The lowest BCUT2D eigenvalue weighted by molar-refractivity contribution is 0.0595. The summed E-state index contributed by atoms with van der Waals surface area (Å²) >= 11 is 0. The van der Waals surface area contributed by atoms with Crippen LogP contribution in [0, 0.1) is 6.92 Å². The van der Waals surface area contributed by atoms with Crippen molar-refractivity contribution in [1.82, 2.24) is 4.98 Å². The molecule has 1 aromatic heterocycles. The molecule has 0 fully saturated rings. The molecule has 2 N–H and O–H groups in total. The minimum atomic E-state index is -0.440. The van der Waals surface area contributed by atoms with E-state index in [1.54, 1.807) is 18.2 Å². The van der Waals surface area contributed by atoms with Crippen molar-refractivity contribution in [2.75, 3.05) is 7.11 Å². The summed E-state index contributed by atoms with van der Waals surface area (Å²) in [5.74, 6) is -0.309. The van der Waals surface area contributed by atoms with E-state index in [1.165, 1.54) is 7.11 Å². The molecule has 4 nitrogen and oxygen atoms in total. The zero-order chi connectivity index (χ0) is 11.0. The van der Waals surface area contributed by atoms with Gasteiger partial charge in [0.1, 0.15) is 11.4 Å². The molecule has 2 aromatic rings. The number of ether oxygens (including phenoxy) is 1. The highest BCUT2D eigenvalue weighted by Crippen LogP contribution is 2.27. The number of hydrogen-bond acceptors (Lipinski definition) is 3. The van der Waals surface area contributed by atoms with Crippen LogP contribution in [0.15, 0.2) is 18.2 Å². The van der Waals surface area contributed by atoms with E-state index < -0.39 is 5.97 Å². The van der Waals surface area contributed by atoms with E-state index in [4.69, 9.17) is 0 Å². The zero-order valence-electron chi connectivity index (χ0n) is 8.50. The van der Waals surface area contributed by atoms with Gasteiger partial charge in [0.05, 0.1) is 12.6 Å². The van der Waals surface area contributed by atoms with E-state index in [0.717, 1.165) is 10.9 Å². The Morgan fingerprint density at radius 1 is 1.47 bits per heavy atom. The monoisotopic (exact) mass is 205 g/mol. The van der Waals surface area contributed by atoms with Gasteiger partial charge in [0.15, 0.2) is 0 Å². The first-order valence-corrected chi connectivity index (χ1v) is 4.53. The minimum absolute atomic E-state index is 0.130. The van der Waals surface area contributed by atoms with Crippen molar-refractivity contribution >= 4 is 16.9 Å². The number of nitrogens with one attached hydrogen (secondary N) is 1. The maximum Gasteiger partial charge on any atom is 0.354 e. The van der Waals surface area contributed by atoms with Gasteiger partial charge >= 0.3 is 5.97 Å². The van der Waals surface area contributed by atoms with Gasteiger partial charge in [-0.05, 0) is 24.6 Å². The number of phenolic OH excluding ortho intramolecular Hbond substituents is 1. The highest BCUT2D eigenvalue weighted by Gasteiger charge is 2.12. The fourth-order valence-electron chi connectivity index (χ4n) is 1.56. The molecule has 4 heteroatoms. The van der Waals surface area contributed by atoms with Crippen LogP contribution in [0.4, 0.5) is 0 Å². The van der Waals surface area contributed by atoms with Crippen molar-refractivity contribution in [3.8, 4) is 5.75 Å². The molecule has 0 saturated carbocycles. The van der Waals surface area contributed by atoms with Crippen molar-refractivity contribution in [1.29, 1.82) is 0 Å². The second-order valence-corrected chi connectivity index (χ2v) is 3.36. The molecule has 0 spiro atoms. The molecule has 0 radical (unpaired) electrons. The van der Waals surface area contributed by atoms with E-state index in [-0.39, 0.29) is 5.75 Å². The summed E-state index contributed by atoms with van der Waals surface area (Å²) in [6, 6.07) is 5.07. The third-order valence-electron chi connectivity index (χ3n) is 2.40. The summed E-state index contributed by atoms with van der Waals surface area (Å²) in [6.07, 6.45) is 0. The number of aromatic amines is 1. The van der Waals surface area contributed by atoms with E-state index in [9.17, 15) is 9.90 Å². The van der Waals surface area contributed by atoms with Gasteiger partial charge in [-0.2, -0.15) is 0 Å². The number of H-pyrrole nitrogens is 1. The maximum absolute atomic E-state index is 11.3. The molecule has 0 bridgehead atoms. The average Bonchev–Trinajstić information content (AvgIpc) is 2.68. The van der Waals surface area contributed by atoms with Gasteiger partial charge in [0.25, 0.3) is 0 Å². The lowest BCUT2D eigenvalue weighted by atomic mass is 10.1. The van der Waals surface area contributed by atoms with Crippen LogP contribution in [0.25, 0.3) is 10.9 Å². The topological polar surface area (TPSA) is 62.3 Å². The Kier molecular flexibility index (Phi) is 2.11. The SMILES string of the molecule is COC(=O)c1cc2c(C)ccc(O)c2[nH]1. The van der Waals surface area contributed by atoms with Crippen molar-refractivity contribution in [3.63, 3.8) is 0 Å². The van der Waals surface area contributed by atoms with Crippen LogP contribution in [0.5, 0.6) is 5.75 Å². The van der Waals surface area contributed by atoms with Crippen LogP contribution in [0.2, 0.25) is 0 Å². The van der Waals surface area contributed by atoms with Crippen LogP contribution >= 0.6 is 0 Å². The van der Waals surface area contributed by atoms with E-state index >= 15 is 0 Å². The number of benzene rings is 1. The fourth-order valence-corrected chi connectivity index (χ4v) is 1.56. The number of hydrogen-bond donors (Lipinski definition) is 2. The fraction of sp³-hybridized carbons (Fsp3) is 0.182. The number of phenols is 1. The molecule has 2 rings (SSSR count). The summed E-state index contributed by atoms with van der Waals surface area (Å²) in [5.41, 5.74) is 1.90. The largest absolute Gasteiger partial charge is 0.506 e. The lowest BCUT2D eigenvalue weighted by Gasteiger charge is -1.97. The molecule has 15 heavy (non-hydrogen) atoms. The second kappa shape index (κ2) is 3.31. The molecule has 0 aliphatic carbocycles. The predicted octanol–water partition coefficient (Wildman–Crippen LogP) is 1.97. The molecule has 78 valence electrons. The smallest absolute Gasteiger partial charge is 0.354 e. The molecule has 0 aliphatic rings. The quantitative estimate of drug-likeness (QED) is 0.699. The van der Waals surface area contributed by atoms with Gasteiger partial charge in [-0.3, -0.25) is 0 Å². The first-order valence-electron chi connectivity index (χ1n) is 4.53. The van der Waals surface area contributed by atoms with Crippen molar-refractivity contribution < 1.29 is 14.6 Å². The van der Waals surface area contributed by atoms with Gasteiger partial charge in [-0.25, -0.2) is 4.79 Å². The van der Waals surface area contributed by atoms with Crippen molar-refractivity contribution in [2.24, 2.45) is 0 Å². The highest BCUT2D eigenvalue weighted by molar-refractivity contribution is 5.97. The first kappa shape index (κ1) is 9.58.